The van der Waals surface area contributed by atoms with Gasteiger partial charge in [0.05, 0.1) is 27.4 Å². The monoisotopic (exact) mass is 525 g/mol. The highest BCUT2D eigenvalue weighted by Crippen LogP contribution is 2.42. The highest BCUT2D eigenvalue weighted by Gasteiger charge is 2.33. The number of halogens is 2. The fourth-order valence-corrected chi connectivity index (χ4v) is 5.68. The van der Waals surface area contributed by atoms with Crippen LogP contribution in [0, 0.1) is 5.82 Å². The number of aromatic amines is 1. The summed E-state index contributed by atoms with van der Waals surface area (Å²) in [6, 6.07) is 9.47. The van der Waals surface area contributed by atoms with Crippen molar-refractivity contribution in [2.24, 2.45) is 10.2 Å². The largest absolute Gasteiger partial charge is 0.493 e. The first-order chi connectivity index (χ1) is 17.8. The van der Waals surface area contributed by atoms with Crippen molar-refractivity contribution in [3.8, 4) is 5.88 Å². The molecule has 3 atom stereocenters. The van der Waals surface area contributed by atoms with Crippen LogP contribution in [-0.2, 0) is 4.79 Å². The van der Waals surface area contributed by atoms with Crippen LogP contribution in [-0.4, -0.2) is 52.0 Å². The van der Waals surface area contributed by atoms with Crippen molar-refractivity contribution in [2.45, 2.75) is 57.0 Å². The number of rotatable bonds is 6. The van der Waals surface area contributed by atoms with Crippen LogP contribution in [0.2, 0.25) is 5.02 Å². The number of fused-ring (bicyclic) bond motifs is 1. The summed E-state index contributed by atoms with van der Waals surface area (Å²) < 4.78 is 13.2. The molecule has 0 bridgehead atoms. The van der Waals surface area contributed by atoms with Crippen LogP contribution in [0.5, 0.6) is 5.88 Å². The SMILES string of the molecule is CC(C(=O)N=Nc1c(O)[nH]c2ccc(C(=O)N3CCC[C@@H]3CC3CCCN3)c(Cl)c12)c1ccc(F)cc1. The Labute approximate surface area is 218 Å². The molecule has 10 heteroatoms. The van der Waals surface area contributed by atoms with Crippen molar-refractivity contribution >= 4 is 40.0 Å². The zero-order valence-electron chi connectivity index (χ0n) is 20.5. The van der Waals surface area contributed by atoms with Gasteiger partial charge < -0.3 is 20.3 Å². The average molecular weight is 526 g/mol. The van der Waals surface area contributed by atoms with Crippen molar-refractivity contribution in [3.05, 3.63) is 58.4 Å². The van der Waals surface area contributed by atoms with Gasteiger partial charge in [-0.2, -0.15) is 0 Å². The summed E-state index contributed by atoms with van der Waals surface area (Å²) >= 11 is 6.73. The van der Waals surface area contributed by atoms with E-state index in [-0.39, 0.29) is 28.5 Å². The van der Waals surface area contributed by atoms with Crippen LogP contribution >= 0.6 is 11.6 Å². The topological polar surface area (TPSA) is 110 Å². The number of azo groups is 1. The molecule has 3 aromatic rings. The molecule has 0 saturated carbocycles. The summed E-state index contributed by atoms with van der Waals surface area (Å²) in [5.74, 6) is -2.09. The van der Waals surface area contributed by atoms with Crippen molar-refractivity contribution < 1.29 is 19.1 Å². The standard InChI is InChI=1S/C27H29ClFN5O3/c1-15(16-6-8-17(29)9-7-16)25(35)33-32-24-22-21(31-26(24)36)11-10-20(23(22)28)27(37)34-13-3-5-19(34)14-18-4-2-12-30-18/h6-11,15,18-19,30-31,36H,2-5,12-14H2,1H3/t15?,18?,19-/m1/s1. The maximum atomic E-state index is 13.6. The first-order valence-electron chi connectivity index (χ1n) is 12.6. The molecular weight excluding hydrogens is 497 g/mol. The molecule has 8 nitrogen and oxygen atoms in total. The Bertz CT molecular complexity index is 1350. The molecule has 1 aromatic heterocycles. The van der Waals surface area contributed by atoms with Gasteiger partial charge in [0.1, 0.15) is 5.82 Å². The zero-order valence-corrected chi connectivity index (χ0v) is 21.3. The number of benzene rings is 2. The Hall–Kier alpha value is -3.30. The van der Waals surface area contributed by atoms with Gasteiger partial charge >= 0.3 is 0 Å². The summed E-state index contributed by atoms with van der Waals surface area (Å²) in [6.45, 7) is 3.33. The van der Waals surface area contributed by atoms with E-state index in [0.29, 0.717) is 34.6 Å². The number of aromatic nitrogens is 1. The number of hydrogen-bond acceptors (Lipinski definition) is 5. The van der Waals surface area contributed by atoms with Crippen molar-refractivity contribution in [1.82, 2.24) is 15.2 Å². The Morgan fingerprint density at radius 2 is 1.97 bits per heavy atom. The van der Waals surface area contributed by atoms with Gasteiger partial charge in [-0.05, 0) is 75.4 Å². The minimum absolute atomic E-state index is 0.0116. The summed E-state index contributed by atoms with van der Waals surface area (Å²) in [5.41, 5.74) is 1.37. The maximum Gasteiger partial charge on any atom is 0.271 e. The first-order valence-corrected chi connectivity index (χ1v) is 13.0. The van der Waals surface area contributed by atoms with E-state index in [1.54, 1.807) is 19.1 Å². The van der Waals surface area contributed by atoms with Crippen LogP contribution < -0.4 is 5.32 Å². The third kappa shape index (κ3) is 5.10. The van der Waals surface area contributed by atoms with Gasteiger partial charge in [0.2, 0.25) is 5.88 Å². The Morgan fingerprint density at radius 3 is 2.70 bits per heavy atom. The van der Waals surface area contributed by atoms with Gasteiger partial charge in [-0.15, -0.1) is 10.2 Å². The quantitative estimate of drug-likeness (QED) is 0.352. The molecule has 3 N–H and O–H groups in total. The van der Waals surface area contributed by atoms with Crippen LogP contribution in [0.25, 0.3) is 10.9 Å². The van der Waals surface area contributed by atoms with Gasteiger partial charge in [0.15, 0.2) is 5.69 Å². The lowest BCUT2D eigenvalue weighted by atomic mass is 10.0. The van der Waals surface area contributed by atoms with E-state index in [4.69, 9.17) is 11.6 Å². The number of amides is 2. The third-order valence-corrected chi connectivity index (χ3v) is 7.83. The van der Waals surface area contributed by atoms with E-state index in [0.717, 1.165) is 38.6 Å². The normalized spacial score (nSPS) is 20.8. The van der Waals surface area contributed by atoms with Gasteiger partial charge in [0.25, 0.3) is 11.8 Å². The minimum Gasteiger partial charge on any atom is -0.493 e. The molecule has 2 amide bonds. The number of aromatic hydroxyl groups is 1. The molecule has 2 fully saturated rings. The maximum absolute atomic E-state index is 13.6. The van der Waals surface area contributed by atoms with Gasteiger partial charge in [0, 0.05) is 18.6 Å². The second-order valence-electron chi connectivity index (χ2n) is 9.81. The van der Waals surface area contributed by atoms with Crippen molar-refractivity contribution in [2.75, 3.05) is 13.1 Å². The lowest BCUT2D eigenvalue weighted by Gasteiger charge is -2.27. The Kier molecular flexibility index (Phi) is 7.26. The molecule has 2 unspecified atom stereocenters. The molecule has 0 radical (unpaired) electrons. The van der Waals surface area contributed by atoms with E-state index < -0.39 is 17.6 Å². The smallest absolute Gasteiger partial charge is 0.271 e. The van der Waals surface area contributed by atoms with E-state index >= 15 is 0 Å². The second-order valence-corrected chi connectivity index (χ2v) is 10.2. The number of carbonyl (C=O) groups excluding carboxylic acids is 2. The highest BCUT2D eigenvalue weighted by molar-refractivity contribution is 6.39. The summed E-state index contributed by atoms with van der Waals surface area (Å²) in [7, 11) is 0. The van der Waals surface area contributed by atoms with Crippen LogP contribution in [0.3, 0.4) is 0 Å². The van der Waals surface area contributed by atoms with Gasteiger partial charge in [-0.1, -0.05) is 23.7 Å². The Morgan fingerprint density at radius 1 is 1.19 bits per heavy atom. The predicted octanol–water partition coefficient (Wildman–Crippen LogP) is 5.83. The molecule has 2 aliphatic rings. The van der Waals surface area contributed by atoms with E-state index in [1.165, 1.54) is 24.3 Å². The molecule has 2 aliphatic heterocycles. The Balaban J connectivity index is 1.40. The molecule has 5 rings (SSSR count). The van der Waals surface area contributed by atoms with Gasteiger partial charge in [-0.25, -0.2) is 4.39 Å². The summed E-state index contributed by atoms with van der Waals surface area (Å²) in [4.78, 5) is 30.9. The van der Waals surface area contributed by atoms with E-state index in [9.17, 15) is 19.1 Å². The van der Waals surface area contributed by atoms with E-state index in [1.807, 2.05) is 4.90 Å². The van der Waals surface area contributed by atoms with Crippen molar-refractivity contribution in [1.29, 1.82) is 0 Å². The molecule has 3 heterocycles. The van der Waals surface area contributed by atoms with Crippen LogP contribution in [0.15, 0.2) is 46.6 Å². The lowest BCUT2D eigenvalue weighted by molar-refractivity contribution is -0.119. The molecule has 0 spiro atoms. The molecule has 194 valence electrons. The van der Waals surface area contributed by atoms with Crippen LogP contribution in [0.4, 0.5) is 10.1 Å². The fraction of sp³-hybridized carbons (Fsp3) is 0.407. The highest BCUT2D eigenvalue weighted by atomic mass is 35.5. The van der Waals surface area contributed by atoms with Crippen LogP contribution in [0.1, 0.15) is 60.9 Å². The summed E-state index contributed by atoms with van der Waals surface area (Å²) in [6.07, 6.45) is 5.11. The summed E-state index contributed by atoms with van der Waals surface area (Å²) in [5, 5.41) is 22.3. The second kappa shape index (κ2) is 10.6. The van der Waals surface area contributed by atoms with Gasteiger partial charge in [-0.3, -0.25) is 9.59 Å². The zero-order chi connectivity index (χ0) is 26.1. The molecule has 2 saturated heterocycles. The van der Waals surface area contributed by atoms with Crippen molar-refractivity contribution in [3.63, 3.8) is 0 Å². The minimum atomic E-state index is -0.661. The number of hydrogen-bond donors (Lipinski definition) is 3. The average Bonchev–Trinajstić information content (AvgIpc) is 3.63. The molecule has 2 aromatic carbocycles. The first kappa shape index (κ1) is 25.4. The van der Waals surface area contributed by atoms with E-state index in [2.05, 4.69) is 20.5 Å². The predicted molar refractivity (Wildman–Crippen MR) is 139 cm³/mol. The molecule has 37 heavy (non-hydrogen) atoms. The molecular formula is C27H29ClFN5O3. The number of likely N-dealkylation sites (tertiary alicyclic amines) is 1. The lowest BCUT2D eigenvalue weighted by Crippen LogP contribution is -2.39. The third-order valence-electron chi connectivity index (χ3n) is 7.43. The number of carbonyl (C=O) groups is 2. The number of H-pyrrole nitrogens is 1. The number of nitrogens with one attached hydrogen (secondary N) is 2. The number of nitrogens with zero attached hydrogens (tertiary/aromatic N) is 3. The molecule has 0 aliphatic carbocycles. The fourth-order valence-electron chi connectivity index (χ4n) is 5.35.